The van der Waals surface area contributed by atoms with Crippen molar-refractivity contribution < 1.29 is 9.53 Å². The van der Waals surface area contributed by atoms with E-state index >= 15 is 0 Å². The Balaban J connectivity index is 0.000001000. The van der Waals surface area contributed by atoms with Crippen LogP contribution in [0.1, 0.15) is 10.4 Å². The number of esters is 1. The molecule has 0 aliphatic heterocycles. The molecule has 0 heterocycles. The van der Waals surface area contributed by atoms with E-state index in [1.165, 1.54) is 7.11 Å². The van der Waals surface area contributed by atoms with Crippen LogP contribution < -0.4 is 0 Å². The van der Waals surface area contributed by atoms with E-state index in [0.29, 0.717) is 5.56 Å². The fraction of sp³-hybridized carbons (Fsp3) is 0.125. The monoisotopic (exact) mass is 344 g/mol. The van der Waals surface area contributed by atoms with Gasteiger partial charge in [0.2, 0.25) is 0 Å². The molecular weight excluding hydrogens is 335 g/mol. The van der Waals surface area contributed by atoms with E-state index in [0.717, 1.165) is 0 Å². The Morgan fingerprint density at radius 2 is 1.82 bits per heavy atom. The molecule has 0 N–H and O–H groups in total. The maximum atomic E-state index is 10.8. The summed E-state index contributed by atoms with van der Waals surface area (Å²) in [5.74, 6) is -0.291. The van der Waals surface area contributed by atoms with E-state index in [1.54, 1.807) is 24.3 Å². The number of benzene rings is 1. The molecule has 0 atom stereocenters. The van der Waals surface area contributed by atoms with Gasteiger partial charge in [0.1, 0.15) is 0 Å². The van der Waals surface area contributed by atoms with E-state index in [1.807, 2.05) is 6.07 Å². The van der Waals surface area contributed by atoms with Gasteiger partial charge in [-0.15, -0.1) is 0 Å². The first-order valence-electron chi connectivity index (χ1n) is 2.98. The van der Waals surface area contributed by atoms with Crippen LogP contribution in [-0.2, 0) is 4.74 Å². The first-order valence-corrected chi connectivity index (χ1v) is 2.98. The standard InChI is InChI=1S/C8H8O2.Pb/c1-10-8(9)7-5-3-2-4-6-7;/h2-6H,1H3;. The minimum absolute atomic E-state index is 0. The van der Waals surface area contributed by atoms with Crippen molar-refractivity contribution in [1.29, 1.82) is 0 Å². The smallest absolute Gasteiger partial charge is 0.337 e. The third kappa shape index (κ3) is 3.01. The molecule has 56 valence electrons. The van der Waals surface area contributed by atoms with E-state index < -0.39 is 0 Å². The van der Waals surface area contributed by atoms with Gasteiger partial charge in [-0.2, -0.15) is 0 Å². The van der Waals surface area contributed by atoms with Crippen molar-refractivity contribution in [2.75, 3.05) is 7.11 Å². The molecule has 0 aromatic heterocycles. The summed E-state index contributed by atoms with van der Waals surface area (Å²) < 4.78 is 4.50. The number of ether oxygens (including phenoxy) is 1. The molecule has 3 heteroatoms. The number of hydrogen-bond acceptors (Lipinski definition) is 2. The predicted molar refractivity (Wildman–Crippen MR) is 43.5 cm³/mol. The first kappa shape index (κ1) is 10.6. The van der Waals surface area contributed by atoms with Crippen LogP contribution in [0.15, 0.2) is 30.3 Å². The van der Waals surface area contributed by atoms with Crippen LogP contribution in [0, 0.1) is 0 Å². The molecule has 0 saturated carbocycles. The summed E-state index contributed by atoms with van der Waals surface area (Å²) >= 11 is 0. The van der Waals surface area contributed by atoms with Gasteiger partial charge in [0.25, 0.3) is 0 Å². The molecule has 1 aromatic carbocycles. The number of hydrogen-bond donors (Lipinski definition) is 0. The number of carbonyl (C=O) groups excluding carboxylic acids is 1. The summed E-state index contributed by atoms with van der Waals surface area (Å²) in [4.78, 5) is 10.8. The zero-order valence-corrected chi connectivity index (χ0v) is 10.1. The molecule has 11 heavy (non-hydrogen) atoms. The zero-order valence-electron chi connectivity index (χ0n) is 6.20. The number of methoxy groups -OCH3 is 1. The van der Waals surface area contributed by atoms with Gasteiger partial charge in [0, 0.05) is 27.3 Å². The summed E-state index contributed by atoms with van der Waals surface area (Å²) in [6, 6.07) is 8.88. The van der Waals surface area contributed by atoms with Crippen molar-refractivity contribution in [1.82, 2.24) is 0 Å². The summed E-state index contributed by atoms with van der Waals surface area (Å²) in [5, 5.41) is 0. The molecule has 0 amide bonds. The molecule has 0 aliphatic carbocycles. The van der Waals surface area contributed by atoms with Gasteiger partial charge in [-0.25, -0.2) is 4.79 Å². The maximum Gasteiger partial charge on any atom is 0.337 e. The van der Waals surface area contributed by atoms with Crippen molar-refractivity contribution in [3.8, 4) is 0 Å². The quantitative estimate of drug-likeness (QED) is 0.564. The third-order valence-electron chi connectivity index (χ3n) is 1.19. The Labute approximate surface area is 85.7 Å². The Bertz CT molecular complexity index is 221. The Kier molecular flexibility index (Phi) is 5.10. The van der Waals surface area contributed by atoms with Crippen molar-refractivity contribution in [3.05, 3.63) is 35.9 Å². The first-order chi connectivity index (χ1) is 4.84. The molecule has 0 aliphatic rings. The van der Waals surface area contributed by atoms with Gasteiger partial charge >= 0.3 is 5.97 Å². The minimum atomic E-state index is -0.291. The number of carbonyl (C=O) groups is 1. The Hall–Kier alpha value is -0.388. The minimum Gasteiger partial charge on any atom is -0.465 e. The van der Waals surface area contributed by atoms with E-state index in [9.17, 15) is 4.79 Å². The maximum absolute atomic E-state index is 10.8. The summed E-state index contributed by atoms with van der Waals surface area (Å²) in [7, 11) is 1.37. The fourth-order valence-electron chi connectivity index (χ4n) is 0.692. The van der Waals surface area contributed by atoms with Crippen molar-refractivity contribution >= 4 is 33.3 Å². The van der Waals surface area contributed by atoms with E-state index in [-0.39, 0.29) is 33.3 Å². The van der Waals surface area contributed by atoms with Crippen LogP contribution in [-0.4, -0.2) is 40.4 Å². The van der Waals surface area contributed by atoms with Crippen LogP contribution >= 0.6 is 0 Å². The van der Waals surface area contributed by atoms with Crippen molar-refractivity contribution in [3.63, 3.8) is 0 Å². The summed E-state index contributed by atoms with van der Waals surface area (Å²) in [5.41, 5.74) is 0.588. The Morgan fingerprint density at radius 1 is 1.27 bits per heavy atom. The van der Waals surface area contributed by atoms with Gasteiger partial charge in [-0.05, 0) is 12.1 Å². The SMILES string of the molecule is COC(=O)c1ccccc1.[Pb]. The normalized spacial score (nSPS) is 8.09. The average molecular weight is 343 g/mol. The van der Waals surface area contributed by atoms with Crippen molar-refractivity contribution in [2.24, 2.45) is 0 Å². The van der Waals surface area contributed by atoms with Crippen LogP contribution in [0.25, 0.3) is 0 Å². The molecule has 1 rings (SSSR count). The van der Waals surface area contributed by atoms with Crippen LogP contribution in [0.5, 0.6) is 0 Å². The second-order valence-corrected chi connectivity index (χ2v) is 1.86. The third-order valence-corrected chi connectivity index (χ3v) is 1.19. The molecule has 0 fully saturated rings. The molecule has 0 unspecified atom stereocenters. The average Bonchev–Trinajstić information content (AvgIpc) is 2.05. The molecule has 0 saturated heterocycles. The van der Waals surface area contributed by atoms with Crippen LogP contribution in [0.4, 0.5) is 0 Å². The van der Waals surface area contributed by atoms with Gasteiger partial charge in [-0.3, -0.25) is 0 Å². The summed E-state index contributed by atoms with van der Waals surface area (Å²) in [6.45, 7) is 0. The second-order valence-electron chi connectivity index (χ2n) is 1.86. The Morgan fingerprint density at radius 3 is 2.27 bits per heavy atom. The van der Waals surface area contributed by atoms with Crippen LogP contribution in [0.2, 0.25) is 0 Å². The topological polar surface area (TPSA) is 26.3 Å². The van der Waals surface area contributed by atoms with Gasteiger partial charge < -0.3 is 4.74 Å². The van der Waals surface area contributed by atoms with Crippen molar-refractivity contribution in [2.45, 2.75) is 0 Å². The zero-order chi connectivity index (χ0) is 7.40. The van der Waals surface area contributed by atoms with E-state index in [2.05, 4.69) is 4.74 Å². The number of rotatable bonds is 1. The predicted octanol–water partition coefficient (Wildman–Crippen LogP) is 1.09. The molecule has 0 bridgehead atoms. The molecular formula is C8H8O2Pb. The molecule has 0 spiro atoms. The molecule has 1 aromatic rings. The molecule has 2 nitrogen and oxygen atoms in total. The van der Waals surface area contributed by atoms with Crippen LogP contribution in [0.3, 0.4) is 0 Å². The van der Waals surface area contributed by atoms with Gasteiger partial charge in [0.15, 0.2) is 0 Å². The summed E-state index contributed by atoms with van der Waals surface area (Å²) in [6.07, 6.45) is 0. The van der Waals surface area contributed by atoms with Gasteiger partial charge in [-0.1, -0.05) is 18.2 Å². The van der Waals surface area contributed by atoms with Gasteiger partial charge in [0.05, 0.1) is 12.7 Å². The molecule has 4 radical (unpaired) electrons. The fourth-order valence-corrected chi connectivity index (χ4v) is 0.692. The van der Waals surface area contributed by atoms with E-state index in [4.69, 9.17) is 0 Å². The largest absolute Gasteiger partial charge is 0.465 e. The second kappa shape index (κ2) is 5.29.